The fourth-order valence-electron chi connectivity index (χ4n) is 6.28. The van der Waals surface area contributed by atoms with E-state index in [0.717, 1.165) is 30.1 Å². The molecule has 0 aromatic heterocycles. The normalized spacial score (nSPS) is 28.2. The molecule has 0 bridgehead atoms. The maximum atomic E-state index is 13.1. The molecular weight excluding hydrogens is 367 g/mol. The first kappa shape index (κ1) is 21.6. The summed E-state index contributed by atoms with van der Waals surface area (Å²) in [7, 11) is 0. The summed E-state index contributed by atoms with van der Waals surface area (Å²) in [5.74, 6) is 4.37. The third-order valence-electron chi connectivity index (χ3n) is 8.26. The Bertz CT molecular complexity index is 734. The van der Waals surface area contributed by atoms with E-state index in [9.17, 15) is 4.39 Å². The van der Waals surface area contributed by atoms with Gasteiger partial charge in [-0.25, -0.2) is 4.39 Å². The van der Waals surface area contributed by atoms with E-state index in [2.05, 4.69) is 37.3 Å². The number of halogens is 1. The number of hydrogen-bond donors (Lipinski definition) is 0. The summed E-state index contributed by atoms with van der Waals surface area (Å²) in [4.78, 5) is 0. The summed E-state index contributed by atoms with van der Waals surface area (Å²) in [5.41, 5.74) is 2.81. The largest absolute Gasteiger partial charge is 0.207 e. The second-order valence-electron chi connectivity index (χ2n) is 10.3. The summed E-state index contributed by atoms with van der Waals surface area (Å²) in [6.45, 7) is 2.41. The summed E-state index contributed by atoms with van der Waals surface area (Å²) < 4.78 is 13.1. The summed E-state index contributed by atoms with van der Waals surface area (Å²) in [5, 5.41) is 0. The van der Waals surface area contributed by atoms with Crippen LogP contribution in [-0.4, -0.2) is 0 Å². The van der Waals surface area contributed by atoms with Crippen LogP contribution in [0.25, 0.3) is 0 Å². The van der Waals surface area contributed by atoms with E-state index < -0.39 is 0 Å². The molecule has 0 saturated heterocycles. The molecule has 4 rings (SSSR count). The standard InChI is InChI=1S/C29H39F/c1-22(26-5-3-2-4-6-26)21-25-11-17-28(18-12-25)27-15-9-23(10-16-27)7-8-24-13-19-29(30)20-14-24/h2-6,13-14,19-20,22-23,25,27-28H,7-12,15-18,21H2,1H3. The molecule has 2 aliphatic rings. The zero-order chi connectivity index (χ0) is 20.8. The van der Waals surface area contributed by atoms with Crippen LogP contribution in [0.1, 0.15) is 88.2 Å². The third-order valence-corrected chi connectivity index (χ3v) is 8.26. The molecule has 2 aromatic carbocycles. The molecular formula is C29H39F. The summed E-state index contributed by atoms with van der Waals surface area (Å²) in [6, 6.07) is 18.2. The lowest BCUT2D eigenvalue weighted by Crippen LogP contribution is -2.26. The number of hydrogen-bond acceptors (Lipinski definition) is 0. The molecule has 0 heterocycles. The number of benzene rings is 2. The van der Waals surface area contributed by atoms with Gasteiger partial charge in [0, 0.05) is 0 Å². The monoisotopic (exact) mass is 406 g/mol. The van der Waals surface area contributed by atoms with Gasteiger partial charge in [-0.1, -0.05) is 75.1 Å². The first-order chi connectivity index (χ1) is 14.7. The van der Waals surface area contributed by atoms with Gasteiger partial charge in [0.1, 0.15) is 5.82 Å². The minimum atomic E-state index is -0.122. The molecule has 0 spiro atoms. The Balaban J connectivity index is 1.15. The topological polar surface area (TPSA) is 0 Å². The third kappa shape index (κ3) is 5.96. The molecule has 30 heavy (non-hydrogen) atoms. The van der Waals surface area contributed by atoms with E-state index in [1.165, 1.54) is 75.3 Å². The minimum absolute atomic E-state index is 0.122. The van der Waals surface area contributed by atoms with Crippen molar-refractivity contribution in [2.24, 2.45) is 23.7 Å². The van der Waals surface area contributed by atoms with E-state index in [1.54, 1.807) is 12.1 Å². The van der Waals surface area contributed by atoms with Gasteiger partial charge in [-0.3, -0.25) is 0 Å². The van der Waals surface area contributed by atoms with Crippen LogP contribution in [0.4, 0.5) is 4.39 Å². The Morgan fingerprint density at radius 1 is 0.733 bits per heavy atom. The molecule has 1 atom stereocenters. The Morgan fingerprint density at radius 3 is 1.90 bits per heavy atom. The van der Waals surface area contributed by atoms with Gasteiger partial charge in [0.2, 0.25) is 0 Å². The van der Waals surface area contributed by atoms with Crippen LogP contribution < -0.4 is 0 Å². The summed E-state index contributed by atoms with van der Waals surface area (Å²) in [6.07, 6.45) is 15.3. The fraction of sp³-hybridized carbons (Fsp3) is 0.586. The molecule has 0 radical (unpaired) electrons. The van der Waals surface area contributed by atoms with E-state index in [4.69, 9.17) is 0 Å². The highest BCUT2D eigenvalue weighted by molar-refractivity contribution is 5.19. The first-order valence-electron chi connectivity index (χ1n) is 12.5. The van der Waals surface area contributed by atoms with Crippen LogP contribution in [0.15, 0.2) is 54.6 Å². The molecule has 2 aliphatic carbocycles. The Morgan fingerprint density at radius 2 is 1.30 bits per heavy atom. The quantitative estimate of drug-likeness (QED) is 0.432. The van der Waals surface area contributed by atoms with Crippen LogP contribution in [0.5, 0.6) is 0 Å². The van der Waals surface area contributed by atoms with Crippen molar-refractivity contribution < 1.29 is 4.39 Å². The van der Waals surface area contributed by atoms with Gasteiger partial charge < -0.3 is 0 Å². The van der Waals surface area contributed by atoms with Crippen molar-refractivity contribution >= 4 is 0 Å². The van der Waals surface area contributed by atoms with E-state index in [-0.39, 0.29) is 5.82 Å². The predicted octanol–water partition coefficient (Wildman–Crippen LogP) is 8.56. The van der Waals surface area contributed by atoms with Crippen molar-refractivity contribution in [3.8, 4) is 0 Å². The molecule has 1 unspecified atom stereocenters. The van der Waals surface area contributed by atoms with Crippen molar-refractivity contribution in [1.82, 2.24) is 0 Å². The smallest absolute Gasteiger partial charge is 0.123 e. The fourth-order valence-corrected chi connectivity index (χ4v) is 6.28. The maximum Gasteiger partial charge on any atom is 0.123 e. The molecule has 2 fully saturated rings. The van der Waals surface area contributed by atoms with E-state index in [1.807, 2.05) is 12.1 Å². The average Bonchev–Trinajstić information content (AvgIpc) is 2.80. The van der Waals surface area contributed by atoms with Crippen molar-refractivity contribution in [1.29, 1.82) is 0 Å². The van der Waals surface area contributed by atoms with E-state index >= 15 is 0 Å². The Labute approximate surface area is 183 Å². The number of aryl methyl sites for hydroxylation is 1. The molecule has 0 N–H and O–H groups in total. The van der Waals surface area contributed by atoms with Crippen molar-refractivity contribution in [2.45, 2.75) is 83.5 Å². The van der Waals surface area contributed by atoms with Crippen LogP contribution in [0.2, 0.25) is 0 Å². The highest BCUT2D eigenvalue weighted by Crippen LogP contribution is 2.43. The molecule has 2 aromatic rings. The maximum absolute atomic E-state index is 13.1. The van der Waals surface area contributed by atoms with Crippen molar-refractivity contribution in [3.63, 3.8) is 0 Å². The molecule has 0 aliphatic heterocycles. The van der Waals surface area contributed by atoms with Crippen molar-refractivity contribution in [2.75, 3.05) is 0 Å². The van der Waals surface area contributed by atoms with Gasteiger partial charge in [0.25, 0.3) is 0 Å². The molecule has 0 nitrogen and oxygen atoms in total. The van der Waals surface area contributed by atoms with Crippen LogP contribution >= 0.6 is 0 Å². The van der Waals surface area contributed by atoms with Gasteiger partial charge in [0.15, 0.2) is 0 Å². The zero-order valence-corrected chi connectivity index (χ0v) is 18.7. The average molecular weight is 407 g/mol. The van der Waals surface area contributed by atoms with Gasteiger partial charge in [-0.2, -0.15) is 0 Å². The van der Waals surface area contributed by atoms with Gasteiger partial charge in [-0.05, 0) is 97.8 Å². The molecule has 1 heteroatoms. The number of rotatable bonds is 7. The van der Waals surface area contributed by atoms with Gasteiger partial charge in [-0.15, -0.1) is 0 Å². The lowest BCUT2D eigenvalue weighted by molar-refractivity contribution is 0.139. The van der Waals surface area contributed by atoms with Crippen LogP contribution in [0, 0.1) is 29.5 Å². The van der Waals surface area contributed by atoms with Crippen LogP contribution in [-0.2, 0) is 6.42 Å². The van der Waals surface area contributed by atoms with E-state index in [0.29, 0.717) is 5.92 Å². The molecule has 162 valence electrons. The second kappa shape index (κ2) is 10.6. The highest BCUT2D eigenvalue weighted by Gasteiger charge is 2.31. The zero-order valence-electron chi connectivity index (χ0n) is 18.7. The predicted molar refractivity (Wildman–Crippen MR) is 125 cm³/mol. The summed E-state index contributed by atoms with van der Waals surface area (Å²) >= 11 is 0. The Kier molecular flexibility index (Phi) is 7.63. The van der Waals surface area contributed by atoms with Gasteiger partial charge >= 0.3 is 0 Å². The highest BCUT2D eigenvalue weighted by atomic mass is 19.1. The SMILES string of the molecule is CC(CC1CCC(C2CCC(CCc3ccc(F)cc3)CC2)CC1)c1ccccc1. The van der Waals surface area contributed by atoms with Gasteiger partial charge in [0.05, 0.1) is 0 Å². The molecule has 0 amide bonds. The first-order valence-corrected chi connectivity index (χ1v) is 12.5. The lowest BCUT2D eigenvalue weighted by atomic mass is 9.67. The van der Waals surface area contributed by atoms with Crippen molar-refractivity contribution in [3.05, 3.63) is 71.5 Å². The minimum Gasteiger partial charge on any atom is -0.207 e. The second-order valence-corrected chi connectivity index (χ2v) is 10.3. The van der Waals surface area contributed by atoms with Crippen LogP contribution in [0.3, 0.4) is 0 Å². The lowest BCUT2D eigenvalue weighted by Gasteiger charge is -2.38. The molecule has 2 saturated carbocycles. The Hall–Kier alpha value is -1.63.